The number of carbonyl (C=O) groups is 2. The molecule has 0 radical (unpaired) electrons. The number of carbonyl (C=O) groups excluding carboxylic acids is 2. The summed E-state index contributed by atoms with van der Waals surface area (Å²) in [4.78, 5) is 28.5. The van der Waals surface area contributed by atoms with E-state index in [0.29, 0.717) is 17.1 Å². The van der Waals surface area contributed by atoms with Crippen LogP contribution in [0.3, 0.4) is 0 Å². The minimum Gasteiger partial charge on any atom is -0.484 e. The molecule has 6 heteroatoms. The number of anilines is 1. The number of rotatable bonds is 5. The number of nitrogens with one attached hydrogen (secondary N) is 2. The number of aromatic amines is 1. The van der Waals surface area contributed by atoms with Gasteiger partial charge in [0.2, 0.25) is 0 Å². The van der Waals surface area contributed by atoms with Crippen molar-refractivity contribution in [1.29, 1.82) is 0 Å². The van der Waals surface area contributed by atoms with Crippen LogP contribution in [0.15, 0.2) is 54.6 Å². The Morgan fingerprint density at radius 1 is 1.08 bits per heavy atom. The molecule has 0 atom stereocenters. The maximum atomic E-state index is 12.4. The summed E-state index contributed by atoms with van der Waals surface area (Å²) in [6.45, 7) is -0.0492. The molecule has 0 spiro atoms. The van der Waals surface area contributed by atoms with E-state index in [1.807, 2.05) is 24.3 Å². The Balaban J connectivity index is 1.68. The molecule has 2 N–H and O–H groups in total. The molecule has 3 rings (SSSR count). The SMILES string of the molecule is CN(C)C(=O)COc1cccc(NC(=O)c2cc3ccccc3[nH]2)c1. The van der Waals surface area contributed by atoms with Crippen LogP contribution in [0.4, 0.5) is 5.69 Å². The summed E-state index contributed by atoms with van der Waals surface area (Å²) in [6, 6.07) is 16.5. The van der Waals surface area contributed by atoms with E-state index in [-0.39, 0.29) is 18.4 Å². The van der Waals surface area contributed by atoms with Crippen molar-refractivity contribution in [2.24, 2.45) is 0 Å². The summed E-state index contributed by atoms with van der Waals surface area (Å²) in [5.74, 6) is 0.148. The molecule has 0 saturated heterocycles. The Bertz CT molecular complexity index is 882. The largest absolute Gasteiger partial charge is 0.484 e. The van der Waals surface area contributed by atoms with Gasteiger partial charge in [0.05, 0.1) is 0 Å². The summed E-state index contributed by atoms with van der Waals surface area (Å²) >= 11 is 0. The van der Waals surface area contributed by atoms with Gasteiger partial charge in [-0.05, 0) is 24.3 Å². The zero-order chi connectivity index (χ0) is 17.8. The summed E-state index contributed by atoms with van der Waals surface area (Å²) < 4.78 is 5.45. The maximum absolute atomic E-state index is 12.4. The third-order valence-electron chi connectivity index (χ3n) is 3.73. The van der Waals surface area contributed by atoms with Gasteiger partial charge in [-0.2, -0.15) is 0 Å². The van der Waals surface area contributed by atoms with Crippen LogP contribution in [0.2, 0.25) is 0 Å². The lowest BCUT2D eigenvalue weighted by atomic mass is 10.2. The van der Waals surface area contributed by atoms with Crippen molar-refractivity contribution in [3.05, 3.63) is 60.3 Å². The maximum Gasteiger partial charge on any atom is 0.272 e. The molecule has 1 aromatic heterocycles. The van der Waals surface area contributed by atoms with Crippen molar-refractivity contribution in [2.45, 2.75) is 0 Å². The van der Waals surface area contributed by atoms with Crippen LogP contribution in [-0.4, -0.2) is 42.4 Å². The Labute approximate surface area is 145 Å². The smallest absolute Gasteiger partial charge is 0.272 e. The van der Waals surface area contributed by atoms with Crippen molar-refractivity contribution in [3.63, 3.8) is 0 Å². The highest BCUT2D eigenvalue weighted by molar-refractivity contribution is 6.06. The minimum atomic E-state index is -0.238. The van der Waals surface area contributed by atoms with E-state index < -0.39 is 0 Å². The fourth-order valence-electron chi connectivity index (χ4n) is 2.33. The predicted molar refractivity (Wildman–Crippen MR) is 96.9 cm³/mol. The number of aromatic nitrogens is 1. The van der Waals surface area contributed by atoms with Crippen LogP contribution < -0.4 is 10.1 Å². The molecule has 0 aliphatic carbocycles. The molecule has 128 valence electrons. The van der Waals surface area contributed by atoms with Gasteiger partial charge in [0.25, 0.3) is 11.8 Å². The number of nitrogens with zero attached hydrogens (tertiary/aromatic N) is 1. The number of para-hydroxylation sites is 1. The van der Waals surface area contributed by atoms with E-state index in [0.717, 1.165) is 10.9 Å². The lowest BCUT2D eigenvalue weighted by Gasteiger charge is -2.12. The summed E-state index contributed by atoms with van der Waals surface area (Å²) in [6.07, 6.45) is 0. The molecule has 0 bridgehead atoms. The molecular formula is C19H19N3O3. The number of ether oxygens (including phenoxy) is 1. The highest BCUT2D eigenvalue weighted by Gasteiger charge is 2.10. The quantitative estimate of drug-likeness (QED) is 0.752. The van der Waals surface area contributed by atoms with Crippen molar-refractivity contribution >= 4 is 28.4 Å². The summed E-state index contributed by atoms with van der Waals surface area (Å²) in [5, 5.41) is 3.80. The average molecular weight is 337 g/mol. The Kier molecular flexibility index (Phi) is 4.70. The standard InChI is InChI=1S/C19H19N3O3/c1-22(2)18(23)12-25-15-8-5-7-14(11-15)20-19(24)17-10-13-6-3-4-9-16(13)21-17/h3-11,21H,12H2,1-2H3,(H,20,24). The van der Waals surface area contributed by atoms with Gasteiger partial charge >= 0.3 is 0 Å². The van der Waals surface area contributed by atoms with Crippen molar-refractivity contribution in [1.82, 2.24) is 9.88 Å². The van der Waals surface area contributed by atoms with Crippen LogP contribution in [0.5, 0.6) is 5.75 Å². The van der Waals surface area contributed by atoms with E-state index >= 15 is 0 Å². The second-order valence-corrected chi connectivity index (χ2v) is 5.83. The molecule has 0 aliphatic heterocycles. The van der Waals surface area contributed by atoms with Gasteiger partial charge in [0.15, 0.2) is 6.61 Å². The fourth-order valence-corrected chi connectivity index (χ4v) is 2.33. The molecule has 3 aromatic rings. The minimum absolute atomic E-state index is 0.0492. The van der Waals surface area contributed by atoms with Gasteiger partial charge in [-0.3, -0.25) is 9.59 Å². The molecule has 6 nitrogen and oxygen atoms in total. The van der Waals surface area contributed by atoms with Crippen molar-refractivity contribution in [2.75, 3.05) is 26.0 Å². The lowest BCUT2D eigenvalue weighted by molar-refractivity contribution is -0.130. The van der Waals surface area contributed by atoms with Crippen LogP contribution in [0, 0.1) is 0 Å². The predicted octanol–water partition coefficient (Wildman–Crippen LogP) is 2.89. The van der Waals surface area contributed by atoms with Gasteiger partial charge in [-0.1, -0.05) is 24.3 Å². The third-order valence-corrected chi connectivity index (χ3v) is 3.73. The highest BCUT2D eigenvalue weighted by Crippen LogP contribution is 2.19. The molecule has 0 aliphatic rings. The zero-order valence-corrected chi connectivity index (χ0v) is 14.1. The van der Waals surface area contributed by atoms with E-state index in [4.69, 9.17) is 4.74 Å². The molecule has 0 saturated carbocycles. The van der Waals surface area contributed by atoms with E-state index in [1.165, 1.54) is 4.90 Å². The first kappa shape index (κ1) is 16.6. The Morgan fingerprint density at radius 3 is 2.64 bits per heavy atom. The Morgan fingerprint density at radius 2 is 1.88 bits per heavy atom. The first-order valence-corrected chi connectivity index (χ1v) is 7.85. The zero-order valence-electron chi connectivity index (χ0n) is 14.1. The summed E-state index contributed by atoms with van der Waals surface area (Å²) in [5.41, 5.74) is 1.99. The monoisotopic (exact) mass is 337 g/mol. The van der Waals surface area contributed by atoms with Crippen LogP contribution >= 0.6 is 0 Å². The van der Waals surface area contributed by atoms with Gasteiger partial charge in [0.1, 0.15) is 11.4 Å². The van der Waals surface area contributed by atoms with Gasteiger partial charge in [-0.15, -0.1) is 0 Å². The second kappa shape index (κ2) is 7.09. The normalized spacial score (nSPS) is 10.5. The average Bonchev–Trinajstić information content (AvgIpc) is 3.04. The Hall–Kier alpha value is -3.28. The van der Waals surface area contributed by atoms with Crippen LogP contribution in [-0.2, 0) is 4.79 Å². The second-order valence-electron chi connectivity index (χ2n) is 5.83. The third kappa shape index (κ3) is 3.98. The number of likely N-dealkylation sites (N-methyl/N-ethyl adjacent to an activating group) is 1. The van der Waals surface area contributed by atoms with Crippen molar-refractivity contribution in [3.8, 4) is 5.75 Å². The van der Waals surface area contributed by atoms with Crippen LogP contribution in [0.1, 0.15) is 10.5 Å². The molecule has 2 aromatic carbocycles. The van der Waals surface area contributed by atoms with Gasteiger partial charge in [-0.25, -0.2) is 0 Å². The number of fused-ring (bicyclic) bond motifs is 1. The number of hydrogen-bond acceptors (Lipinski definition) is 3. The van der Waals surface area contributed by atoms with Gasteiger partial charge in [0, 0.05) is 36.8 Å². The van der Waals surface area contributed by atoms with E-state index in [9.17, 15) is 9.59 Å². The molecule has 2 amide bonds. The highest BCUT2D eigenvalue weighted by atomic mass is 16.5. The van der Waals surface area contributed by atoms with E-state index in [1.54, 1.807) is 44.4 Å². The number of amides is 2. The fraction of sp³-hybridized carbons (Fsp3) is 0.158. The first-order valence-electron chi connectivity index (χ1n) is 7.85. The summed E-state index contributed by atoms with van der Waals surface area (Å²) in [7, 11) is 3.34. The first-order chi connectivity index (χ1) is 12.0. The number of hydrogen-bond donors (Lipinski definition) is 2. The molecular weight excluding hydrogens is 318 g/mol. The van der Waals surface area contributed by atoms with Gasteiger partial charge < -0.3 is 19.9 Å². The molecule has 25 heavy (non-hydrogen) atoms. The molecule has 1 heterocycles. The molecule has 0 unspecified atom stereocenters. The lowest BCUT2D eigenvalue weighted by Crippen LogP contribution is -2.27. The van der Waals surface area contributed by atoms with Crippen molar-refractivity contribution < 1.29 is 14.3 Å². The molecule has 0 fully saturated rings. The number of H-pyrrole nitrogens is 1. The van der Waals surface area contributed by atoms with E-state index in [2.05, 4.69) is 10.3 Å². The number of benzene rings is 2. The topological polar surface area (TPSA) is 74.4 Å². The van der Waals surface area contributed by atoms with Crippen LogP contribution in [0.25, 0.3) is 10.9 Å².